The van der Waals surface area contributed by atoms with E-state index in [9.17, 15) is 4.79 Å². The second-order valence-electron chi connectivity index (χ2n) is 3.98. The zero-order valence-corrected chi connectivity index (χ0v) is 9.42. The highest BCUT2D eigenvalue weighted by Gasteiger charge is 2.10. The molecule has 0 bridgehead atoms. The normalized spacial score (nSPS) is 10.7. The third kappa shape index (κ3) is 1.89. The van der Waals surface area contributed by atoms with Crippen molar-refractivity contribution in [3.05, 3.63) is 42.1 Å². The quantitative estimate of drug-likeness (QED) is 0.736. The predicted molar refractivity (Wildman–Crippen MR) is 63.4 cm³/mol. The minimum atomic E-state index is 0.192. The molecular weight excluding hydrogens is 200 g/mol. The van der Waals surface area contributed by atoms with Crippen molar-refractivity contribution in [2.24, 2.45) is 0 Å². The Hall–Kier alpha value is -1.90. The summed E-state index contributed by atoms with van der Waals surface area (Å²) in [5, 5.41) is 4.44. The van der Waals surface area contributed by atoms with E-state index in [1.165, 1.54) is 0 Å². The van der Waals surface area contributed by atoms with E-state index in [0.717, 1.165) is 17.5 Å². The van der Waals surface area contributed by atoms with Crippen LogP contribution in [0.3, 0.4) is 0 Å². The Kier molecular flexibility index (Phi) is 2.86. The van der Waals surface area contributed by atoms with Gasteiger partial charge in [-0.05, 0) is 19.9 Å². The van der Waals surface area contributed by atoms with Crippen molar-refractivity contribution in [2.45, 2.75) is 19.9 Å². The molecule has 82 valence electrons. The van der Waals surface area contributed by atoms with E-state index in [4.69, 9.17) is 0 Å². The Balaban J connectivity index is 2.48. The van der Waals surface area contributed by atoms with Crippen LogP contribution in [0.5, 0.6) is 0 Å². The van der Waals surface area contributed by atoms with Crippen molar-refractivity contribution in [2.75, 3.05) is 0 Å². The van der Waals surface area contributed by atoms with Crippen molar-refractivity contribution in [3.8, 4) is 11.3 Å². The van der Waals surface area contributed by atoms with Gasteiger partial charge in [0.05, 0.1) is 5.69 Å². The van der Waals surface area contributed by atoms with Gasteiger partial charge in [0, 0.05) is 11.6 Å². The van der Waals surface area contributed by atoms with Crippen LogP contribution < -0.4 is 0 Å². The van der Waals surface area contributed by atoms with E-state index in [0.29, 0.717) is 5.69 Å². The van der Waals surface area contributed by atoms with Gasteiger partial charge in [-0.2, -0.15) is 5.10 Å². The lowest BCUT2D eigenvalue weighted by Gasteiger charge is -2.06. The summed E-state index contributed by atoms with van der Waals surface area (Å²) in [7, 11) is 0. The van der Waals surface area contributed by atoms with E-state index in [1.807, 2.05) is 50.2 Å². The van der Waals surface area contributed by atoms with E-state index in [2.05, 4.69) is 5.10 Å². The van der Waals surface area contributed by atoms with Crippen LogP contribution in [0.4, 0.5) is 0 Å². The SMILES string of the molecule is CC(C)n1nc(-c2ccccc2)cc1C=O. The van der Waals surface area contributed by atoms with Crippen LogP contribution >= 0.6 is 0 Å². The van der Waals surface area contributed by atoms with Gasteiger partial charge in [0.2, 0.25) is 0 Å². The summed E-state index contributed by atoms with van der Waals surface area (Å²) in [4.78, 5) is 10.9. The van der Waals surface area contributed by atoms with Crippen LogP contribution in [0, 0.1) is 0 Å². The first-order chi connectivity index (χ1) is 7.72. The van der Waals surface area contributed by atoms with Gasteiger partial charge in [0.25, 0.3) is 0 Å². The maximum Gasteiger partial charge on any atom is 0.168 e. The lowest BCUT2D eigenvalue weighted by Crippen LogP contribution is -2.06. The van der Waals surface area contributed by atoms with Gasteiger partial charge in [-0.25, -0.2) is 0 Å². The van der Waals surface area contributed by atoms with Crippen molar-refractivity contribution in [3.63, 3.8) is 0 Å². The second kappa shape index (κ2) is 4.31. The number of rotatable bonds is 3. The Labute approximate surface area is 94.7 Å². The highest BCUT2D eigenvalue weighted by atomic mass is 16.1. The van der Waals surface area contributed by atoms with Crippen LogP contribution in [0.1, 0.15) is 30.4 Å². The van der Waals surface area contributed by atoms with Crippen LogP contribution in [0.2, 0.25) is 0 Å². The van der Waals surface area contributed by atoms with Gasteiger partial charge in [-0.3, -0.25) is 9.48 Å². The van der Waals surface area contributed by atoms with Crippen molar-refractivity contribution in [1.29, 1.82) is 0 Å². The van der Waals surface area contributed by atoms with E-state index in [1.54, 1.807) is 4.68 Å². The second-order valence-corrected chi connectivity index (χ2v) is 3.98. The topological polar surface area (TPSA) is 34.9 Å². The maximum atomic E-state index is 10.9. The van der Waals surface area contributed by atoms with Crippen LogP contribution in [-0.2, 0) is 0 Å². The molecule has 0 radical (unpaired) electrons. The number of carbonyl (C=O) groups is 1. The third-order valence-corrected chi connectivity index (χ3v) is 2.44. The molecule has 0 N–H and O–H groups in total. The summed E-state index contributed by atoms with van der Waals surface area (Å²) in [6, 6.07) is 11.9. The molecule has 3 heteroatoms. The molecule has 0 aliphatic rings. The summed E-state index contributed by atoms with van der Waals surface area (Å²) in [6.07, 6.45) is 0.847. The molecule has 1 aromatic heterocycles. The van der Waals surface area contributed by atoms with Gasteiger partial charge < -0.3 is 0 Å². The minimum Gasteiger partial charge on any atom is -0.296 e. The van der Waals surface area contributed by atoms with Gasteiger partial charge in [-0.1, -0.05) is 30.3 Å². The highest BCUT2D eigenvalue weighted by molar-refractivity contribution is 5.75. The minimum absolute atomic E-state index is 0.192. The molecule has 0 atom stereocenters. The molecule has 2 aromatic rings. The lowest BCUT2D eigenvalue weighted by atomic mass is 10.1. The summed E-state index contributed by atoms with van der Waals surface area (Å²) < 4.78 is 1.75. The Bertz CT molecular complexity index is 486. The molecule has 2 rings (SSSR count). The maximum absolute atomic E-state index is 10.9. The average Bonchev–Trinajstić information content (AvgIpc) is 2.74. The smallest absolute Gasteiger partial charge is 0.168 e. The fourth-order valence-corrected chi connectivity index (χ4v) is 1.66. The Morgan fingerprint density at radius 2 is 1.94 bits per heavy atom. The number of hydrogen-bond acceptors (Lipinski definition) is 2. The molecule has 0 aliphatic heterocycles. The lowest BCUT2D eigenvalue weighted by molar-refractivity contribution is 0.111. The zero-order valence-electron chi connectivity index (χ0n) is 9.42. The average molecular weight is 214 g/mol. The fourth-order valence-electron chi connectivity index (χ4n) is 1.66. The molecule has 0 fully saturated rings. The number of carbonyl (C=O) groups excluding carboxylic acids is 1. The number of benzene rings is 1. The van der Waals surface area contributed by atoms with Crippen LogP contribution in [-0.4, -0.2) is 16.1 Å². The van der Waals surface area contributed by atoms with Gasteiger partial charge in [-0.15, -0.1) is 0 Å². The number of nitrogens with zero attached hydrogens (tertiary/aromatic N) is 2. The molecule has 0 spiro atoms. The predicted octanol–water partition coefficient (Wildman–Crippen LogP) is 2.94. The van der Waals surface area contributed by atoms with Crippen LogP contribution in [0.15, 0.2) is 36.4 Å². The Morgan fingerprint density at radius 3 is 2.44 bits per heavy atom. The standard InChI is InChI=1S/C13H14N2O/c1-10(2)15-12(9-16)8-13(14-15)11-6-4-3-5-7-11/h3-10H,1-2H3. The summed E-state index contributed by atoms with van der Waals surface area (Å²) in [6.45, 7) is 4.02. The molecule has 0 aliphatic carbocycles. The third-order valence-electron chi connectivity index (χ3n) is 2.44. The molecule has 0 saturated heterocycles. The molecule has 1 aromatic carbocycles. The first kappa shape index (κ1) is 10.6. The van der Waals surface area contributed by atoms with Crippen molar-refractivity contribution >= 4 is 6.29 Å². The summed E-state index contributed by atoms with van der Waals surface area (Å²) >= 11 is 0. The molecule has 3 nitrogen and oxygen atoms in total. The first-order valence-corrected chi connectivity index (χ1v) is 5.32. The molecular formula is C13H14N2O. The van der Waals surface area contributed by atoms with E-state index >= 15 is 0 Å². The Morgan fingerprint density at radius 1 is 1.25 bits per heavy atom. The van der Waals surface area contributed by atoms with E-state index < -0.39 is 0 Å². The molecule has 16 heavy (non-hydrogen) atoms. The van der Waals surface area contributed by atoms with Crippen molar-refractivity contribution < 1.29 is 4.79 Å². The largest absolute Gasteiger partial charge is 0.296 e. The fraction of sp³-hybridized carbons (Fsp3) is 0.231. The summed E-state index contributed by atoms with van der Waals surface area (Å²) in [5.74, 6) is 0. The monoisotopic (exact) mass is 214 g/mol. The number of hydrogen-bond donors (Lipinski definition) is 0. The highest BCUT2D eigenvalue weighted by Crippen LogP contribution is 2.20. The van der Waals surface area contributed by atoms with Crippen LogP contribution in [0.25, 0.3) is 11.3 Å². The number of aromatic nitrogens is 2. The molecule has 0 unspecified atom stereocenters. The summed E-state index contributed by atoms with van der Waals surface area (Å²) in [5.41, 5.74) is 2.50. The van der Waals surface area contributed by atoms with E-state index in [-0.39, 0.29) is 6.04 Å². The number of aldehydes is 1. The van der Waals surface area contributed by atoms with Gasteiger partial charge in [0.1, 0.15) is 5.69 Å². The van der Waals surface area contributed by atoms with Gasteiger partial charge in [0.15, 0.2) is 6.29 Å². The van der Waals surface area contributed by atoms with Crippen molar-refractivity contribution in [1.82, 2.24) is 9.78 Å². The molecule has 1 heterocycles. The van der Waals surface area contributed by atoms with Gasteiger partial charge >= 0.3 is 0 Å². The zero-order chi connectivity index (χ0) is 11.5. The molecule has 0 saturated carbocycles. The molecule has 0 amide bonds. The first-order valence-electron chi connectivity index (χ1n) is 5.32.